The number of rotatable bonds is 6. The molecule has 0 saturated carbocycles. The highest BCUT2D eigenvalue weighted by Gasteiger charge is 1.99. The van der Waals surface area contributed by atoms with Crippen molar-refractivity contribution in [3.63, 3.8) is 0 Å². The molecule has 0 unspecified atom stereocenters. The van der Waals surface area contributed by atoms with Crippen LogP contribution in [0.1, 0.15) is 23.1 Å². The van der Waals surface area contributed by atoms with E-state index in [4.69, 9.17) is 0 Å². The molecule has 0 aliphatic heterocycles. The van der Waals surface area contributed by atoms with Crippen LogP contribution >= 0.6 is 24.0 Å². The first-order valence-electron chi connectivity index (χ1n) is 7.95. The van der Waals surface area contributed by atoms with Gasteiger partial charge in [0.1, 0.15) is 5.75 Å². The number of nitrogens with zero attached hydrogens (tertiary/aromatic N) is 1. The number of phenols is 1. The first-order valence-corrected chi connectivity index (χ1v) is 7.95. The molecule has 0 amide bonds. The Morgan fingerprint density at radius 2 is 1.79 bits per heavy atom. The molecule has 2 aromatic rings. The Kier molecular flexibility index (Phi) is 9.22. The molecule has 0 radical (unpaired) electrons. The van der Waals surface area contributed by atoms with E-state index in [9.17, 15) is 5.11 Å². The second-order valence-electron chi connectivity index (χ2n) is 5.61. The molecule has 0 aliphatic carbocycles. The normalized spacial score (nSPS) is 10.8. The van der Waals surface area contributed by atoms with E-state index in [1.807, 2.05) is 12.1 Å². The Morgan fingerprint density at radius 1 is 1.04 bits per heavy atom. The van der Waals surface area contributed by atoms with E-state index >= 15 is 0 Å². The molecule has 130 valence electrons. The fourth-order valence-electron chi connectivity index (χ4n) is 2.39. The van der Waals surface area contributed by atoms with Gasteiger partial charge in [0.15, 0.2) is 5.96 Å². The van der Waals surface area contributed by atoms with Crippen LogP contribution in [0.5, 0.6) is 5.75 Å². The molecule has 5 heteroatoms. The Balaban J connectivity index is 0.00000288. The van der Waals surface area contributed by atoms with E-state index in [1.54, 1.807) is 19.2 Å². The Bertz CT molecular complexity index is 641. The minimum Gasteiger partial charge on any atom is -0.508 e. The molecule has 0 atom stereocenters. The van der Waals surface area contributed by atoms with Crippen molar-refractivity contribution in [1.29, 1.82) is 0 Å². The summed E-state index contributed by atoms with van der Waals surface area (Å²) < 4.78 is 0. The molecule has 0 saturated heterocycles. The highest BCUT2D eigenvalue weighted by molar-refractivity contribution is 14.0. The highest BCUT2D eigenvalue weighted by atomic mass is 127. The Hall–Kier alpha value is -1.76. The lowest BCUT2D eigenvalue weighted by Gasteiger charge is -2.12. The number of aromatic hydroxyl groups is 1. The Labute approximate surface area is 161 Å². The predicted octanol–water partition coefficient (Wildman–Crippen LogP) is 3.62. The molecule has 2 aromatic carbocycles. The average Bonchev–Trinajstić information content (AvgIpc) is 2.56. The van der Waals surface area contributed by atoms with Crippen LogP contribution in [0.3, 0.4) is 0 Å². The smallest absolute Gasteiger partial charge is 0.191 e. The zero-order chi connectivity index (χ0) is 16.5. The molecule has 3 N–H and O–H groups in total. The molecular weight excluding hydrogens is 413 g/mol. The van der Waals surface area contributed by atoms with E-state index < -0.39 is 0 Å². The number of halogens is 1. The standard InChI is InChI=1S/C19H25N3O.HI/c1-15-5-3-6-17(13-15)14-22-19(20-2)21-12-4-7-16-8-10-18(23)11-9-16;/h3,5-6,8-11,13,23H,4,7,12,14H2,1-2H3,(H2,20,21,22);1H. The summed E-state index contributed by atoms with van der Waals surface area (Å²) in [7, 11) is 1.78. The maximum Gasteiger partial charge on any atom is 0.191 e. The average molecular weight is 439 g/mol. The van der Waals surface area contributed by atoms with Crippen molar-refractivity contribution in [2.24, 2.45) is 4.99 Å². The molecule has 0 bridgehead atoms. The van der Waals surface area contributed by atoms with E-state index in [1.165, 1.54) is 16.7 Å². The van der Waals surface area contributed by atoms with E-state index in [-0.39, 0.29) is 24.0 Å². The molecule has 24 heavy (non-hydrogen) atoms. The summed E-state index contributed by atoms with van der Waals surface area (Å²) in [6.07, 6.45) is 1.98. The van der Waals surface area contributed by atoms with Crippen molar-refractivity contribution in [1.82, 2.24) is 10.6 Å². The number of hydrogen-bond acceptors (Lipinski definition) is 2. The summed E-state index contributed by atoms with van der Waals surface area (Å²) in [5, 5.41) is 15.9. The first-order chi connectivity index (χ1) is 11.2. The van der Waals surface area contributed by atoms with Gasteiger partial charge >= 0.3 is 0 Å². The van der Waals surface area contributed by atoms with Gasteiger partial charge in [-0.3, -0.25) is 4.99 Å². The zero-order valence-corrected chi connectivity index (χ0v) is 16.6. The lowest BCUT2D eigenvalue weighted by molar-refractivity contribution is 0.475. The van der Waals surface area contributed by atoms with Gasteiger partial charge in [-0.1, -0.05) is 42.0 Å². The summed E-state index contributed by atoms with van der Waals surface area (Å²) in [5.41, 5.74) is 3.74. The summed E-state index contributed by atoms with van der Waals surface area (Å²) >= 11 is 0. The first kappa shape index (κ1) is 20.3. The van der Waals surface area contributed by atoms with Crippen LogP contribution in [0.15, 0.2) is 53.5 Å². The number of aryl methyl sites for hydroxylation is 2. The van der Waals surface area contributed by atoms with Crippen LogP contribution in [-0.2, 0) is 13.0 Å². The second-order valence-corrected chi connectivity index (χ2v) is 5.61. The molecule has 0 heterocycles. The fourth-order valence-corrected chi connectivity index (χ4v) is 2.39. The van der Waals surface area contributed by atoms with Crippen molar-refractivity contribution in [2.75, 3.05) is 13.6 Å². The van der Waals surface area contributed by atoms with Crippen LogP contribution in [0.2, 0.25) is 0 Å². The van der Waals surface area contributed by atoms with Crippen molar-refractivity contribution in [3.05, 3.63) is 65.2 Å². The third-order valence-electron chi connectivity index (χ3n) is 3.64. The Morgan fingerprint density at radius 3 is 2.46 bits per heavy atom. The van der Waals surface area contributed by atoms with Gasteiger partial charge < -0.3 is 15.7 Å². The van der Waals surface area contributed by atoms with Gasteiger partial charge in [0.05, 0.1) is 0 Å². The summed E-state index contributed by atoms with van der Waals surface area (Å²) in [6, 6.07) is 15.8. The zero-order valence-electron chi connectivity index (χ0n) is 14.2. The number of benzene rings is 2. The molecule has 0 spiro atoms. The van der Waals surface area contributed by atoms with Gasteiger partial charge in [-0.15, -0.1) is 24.0 Å². The lowest BCUT2D eigenvalue weighted by atomic mass is 10.1. The van der Waals surface area contributed by atoms with Gasteiger partial charge in [0.25, 0.3) is 0 Å². The van der Waals surface area contributed by atoms with Crippen molar-refractivity contribution in [3.8, 4) is 5.75 Å². The SMILES string of the molecule is CN=C(NCCCc1ccc(O)cc1)NCc1cccc(C)c1.I. The largest absolute Gasteiger partial charge is 0.508 e. The minimum atomic E-state index is 0. The lowest BCUT2D eigenvalue weighted by Crippen LogP contribution is -2.37. The van der Waals surface area contributed by atoms with Crippen LogP contribution in [0.25, 0.3) is 0 Å². The van der Waals surface area contributed by atoms with Gasteiger partial charge in [-0.05, 0) is 43.0 Å². The van der Waals surface area contributed by atoms with E-state index in [0.29, 0.717) is 5.75 Å². The number of hydrogen-bond donors (Lipinski definition) is 3. The quantitative estimate of drug-likeness (QED) is 0.279. The predicted molar refractivity (Wildman–Crippen MR) is 111 cm³/mol. The molecule has 0 aliphatic rings. The van der Waals surface area contributed by atoms with Crippen LogP contribution in [0.4, 0.5) is 0 Å². The summed E-state index contributed by atoms with van der Waals surface area (Å²) in [6.45, 7) is 3.72. The van der Waals surface area contributed by atoms with Gasteiger partial charge in [-0.2, -0.15) is 0 Å². The second kappa shape index (κ2) is 10.9. The molecule has 2 rings (SSSR count). The number of nitrogens with one attached hydrogen (secondary N) is 2. The van der Waals surface area contributed by atoms with E-state index in [0.717, 1.165) is 31.9 Å². The van der Waals surface area contributed by atoms with Crippen molar-refractivity contribution < 1.29 is 5.11 Å². The minimum absolute atomic E-state index is 0. The molecular formula is C19H26IN3O. The molecule has 0 fully saturated rings. The highest BCUT2D eigenvalue weighted by Crippen LogP contribution is 2.10. The third-order valence-corrected chi connectivity index (χ3v) is 3.64. The number of aliphatic imine (C=N–C) groups is 1. The maximum absolute atomic E-state index is 9.27. The van der Waals surface area contributed by atoms with Gasteiger partial charge in [-0.25, -0.2) is 0 Å². The summed E-state index contributed by atoms with van der Waals surface area (Å²) in [4.78, 5) is 4.24. The maximum atomic E-state index is 9.27. The van der Waals surface area contributed by atoms with Crippen molar-refractivity contribution in [2.45, 2.75) is 26.3 Å². The van der Waals surface area contributed by atoms with Crippen molar-refractivity contribution >= 4 is 29.9 Å². The van der Waals surface area contributed by atoms with Crippen LogP contribution in [0, 0.1) is 6.92 Å². The number of phenolic OH excluding ortho intramolecular Hbond substituents is 1. The monoisotopic (exact) mass is 439 g/mol. The van der Waals surface area contributed by atoms with Crippen LogP contribution in [-0.4, -0.2) is 24.7 Å². The molecule has 4 nitrogen and oxygen atoms in total. The topological polar surface area (TPSA) is 56.7 Å². The van der Waals surface area contributed by atoms with Gasteiger partial charge in [0.2, 0.25) is 0 Å². The summed E-state index contributed by atoms with van der Waals surface area (Å²) in [5.74, 6) is 1.13. The number of guanidine groups is 1. The third kappa shape index (κ3) is 7.21. The molecule has 0 aromatic heterocycles. The van der Waals surface area contributed by atoms with Gasteiger partial charge in [0, 0.05) is 20.1 Å². The fraction of sp³-hybridized carbons (Fsp3) is 0.316. The van der Waals surface area contributed by atoms with Crippen LogP contribution < -0.4 is 10.6 Å². The van der Waals surface area contributed by atoms with E-state index in [2.05, 4.69) is 46.8 Å².